The van der Waals surface area contributed by atoms with Crippen molar-refractivity contribution in [3.05, 3.63) is 29.8 Å². The van der Waals surface area contributed by atoms with Gasteiger partial charge in [-0.25, -0.2) is 4.79 Å². The topological polar surface area (TPSA) is 55.4 Å². The minimum atomic E-state index is -0.332. The average Bonchev–Trinajstić information content (AvgIpc) is 2.46. The Labute approximate surface area is 113 Å². The van der Waals surface area contributed by atoms with Gasteiger partial charge in [-0.15, -0.1) is 0 Å². The van der Waals surface area contributed by atoms with Gasteiger partial charge in [-0.3, -0.25) is 4.79 Å². The predicted molar refractivity (Wildman–Crippen MR) is 73.2 cm³/mol. The van der Waals surface area contributed by atoms with Crippen molar-refractivity contribution < 1.29 is 14.3 Å². The fraction of sp³-hybridized carbons (Fsp3) is 0.467. The van der Waals surface area contributed by atoms with Crippen LogP contribution in [0.3, 0.4) is 0 Å². The number of benzene rings is 1. The lowest BCUT2D eigenvalue weighted by molar-refractivity contribution is -0.120. The van der Waals surface area contributed by atoms with Crippen LogP contribution >= 0.6 is 0 Å². The Balaban J connectivity index is 1.96. The molecule has 0 heterocycles. The minimum absolute atomic E-state index is 0.332. The van der Waals surface area contributed by atoms with E-state index in [2.05, 4.69) is 5.32 Å². The van der Waals surface area contributed by atoms with E-state index in [9.17, 15) is 9.59 Å². The summed E-state index contributed by atoms with van der Waals surface area (Å²) in [5, 5.41) is 3.30. The van der Waals surface area contributed by atoms with Crippen molar-refractivity contribution in [3.63, 3.8) is 0 Å². The zero-order chi connectivity index (χ0) is 13.7. The average molecular weight is 261 g/mol. The highest BCUT2D eigenvalue weighted by Gasteiger charge is 2.19. The molecule has 0 radical (unpaired) electrons. The van der Waals surface area contributed by atoms with Gasteiger partial charge in [-0.2, -0.15) is 0 Å². The number of Topliss-reactive ketones (excluding diaryl/α,β-unsaturated/α-hetero) is 1. The first-order chi connectivity index (χ1) is 9.20. The van der Waals surface area contributed by atoms with Crippen molar-refractivity contribution in [2.45, 2.75) is 25.7 Å². The molecule has 0 saturated heterocycles. The number of carbonyl (C=O) groups excluding carboxylic acids is 2. The molecule has 0 unspecified atom stereocenters. The lowest BCUT2D eigenvalue weighted by Gasteiger charge is -2.22. The van der Waals surface area contributed by atoms with E-state index in [-0.39, 0.29) is 5.97 Å². The number of rotatable bonds is 4. The highest BCUT2D eigenvalue weighted by molar-refractivity contribution is 5.95. The van der Waals surface area contributed by atoms with Gasteiger partial charge in [-0.05, 0) is 30.9 Å². The fourth-order valence-electron chi connectivity index (χ4n) is 2.38. The second-order valence-corrected chi connectivity index (χ2v) is 4.90. The van der Waals surface area contributed by atoms with Crippen LogP contribution in [0.15, 0.2) is 24.3 Å². The maximum atomic E-state index is 11.6. The smallest absolute Gasteiger partial charge is 0.339 e. The number of methoxy groups -OCH3 is 1. The molecule has 1 fully saturated rings. The zero-order valence-corrected chi connectivity index (χ0v) is 11.1. The molecule has 1 aliphatic carbocycles. The first kappa shape index (κ1) is 13.6. The normalized spacial score (nSPS) is 16.2. The lowest BCUT2D eigenvalue weighted by atomic mass is 9.88. The van der Waals surface area contributed by atoms with Crippen LogP contribution in [0, 0.1) is 5.92 Å². The Morgan fingerprint density at radius 2 is 2.00 bits per heavy atom. The first-order valence-corrected chi connectivity index (χ1v) is 6.63. The molecule has 0 aliphatic heterocycles. The van der Waals surface area contributed by atoms with Gasteiger partial charge in [0.05, 0.1) is 12.7 Å². The minimum Gasteiger partial charge on any atom is -0.465 e. The van der Waals surface area contributed by atoms with Crippen LogP contribution < -0.4 is 5.32 Å². The van der Waals surface area contributed by atoms with Crippen LogP contribution in [0.25, 0.3) is 0 Å². The van der Waals surface area contributed by atoms with E-state index in [1.54, 1.807) is 6.07 Å². The largest absolute Gasteiger partial charge is 0.465 e. The van der Waals surface area contributed by atoms with Gasteiger partial charge in [0.15, 0.2) is 0 Å². The van der Waals surface area contributed by atoms with Gasteiger partial charge in [0.25, 0.3) is 0 Å². The van der Waals surface area contributed by atoms with E-state index in [0.717, 1.165) is 25.1 Å². The quantitative estimate of drug-likeness (QED) is 0.846. The molecule has 19 heavy (non-hydrogen) atoms. The standard InChI is InChI=1S/C15H19NO3/c1-19-15(18)13-4-2-3-5-14(13)16-10-11-6-8-12(17)9-7-11/h2-5,11,16H,6-10H2,1H3. The summed E-state index contributed by atoms with van der Waals surface area (Å²) in [5.74, 6) is 0.538. The number of ketones is 1. The van der Waals surface area contributed by atoms with E-state index in [1.807, 2.05) is 18.2 Å². The Morgan fingerprint density at radius 3 is 2.68 bits per heavy atom. The summed E-state index contributed by atoms with van der Waals surface area (Å²) in [6, 6.07) is 7.33. The van der Waals surface area contributed by atoms with E-state index >= 15 is 0 Å². The van der Waals surface area contributed by atoms with Gasteiger partial charge in [0.1, 0.15) is 5.78 Å². The van der Waals surface area contributed by atoms with Crippen molar-refractivity contribution in [2.75, 3.05) is 19.0 Å². The molecule has 1 aliphatic rings. The van der Waals surface area contributed by atoms with Gasteiger partial charge >= 0.3 is 5.97 Å². The number of anilines is 1. The second kappa shape index (κ2) is 6.36. The molecule has 0 amide bonds. The number of nitrogens with one attached hydrogen (secondary N) is 1. The Morgan fingerprint density at radius 1 is 1.32 bits per heavy atom. The summed E-state index contributed by atoms with van der Waals surface area (Å²) < 4.78 is 4.76. The van der Waals surface area contributed by atoms with E-state index in [0.29, 0.717) is 30.1 Å². The molecule has 4 nitrogen and oxygen atoms in total. The molecule has 2 rings (SSSR count). The predicted octanol–water partition coefficient (Wildman–Crippen LogP) is 2.64. The van der Waals surface area contributed by atoms with Crippen molar-refractivity contribution in [3.8, 4) is 0 Å². The van der Waals surface area contributed by atoms with E-state index < -0.39 is 0 Å². The summed E-state index contributed by atoms with van der Waals surface area (Å²) in [5.41, 5.74) is 1.35. The summed E-state index contributed by atoms with van der Waals surface area (Å²) in [6.07, 6.45) is 3.24. The Hall–Kier alpha value is -1.84. The van der Waals surface area contributed by atoms with Gasteiger partial charge < -0.3 is 10.1 Å². The monoisotopic (exact) mass is 261 g/mol. The highest BCUT2D eigenvalue weighted by Crippen LogP contribution is 2.23. The summed E-state index contributed by atoms with van der Waals surface area (Å²) in [4.78, 5) is 22.8. The Bertz CT molecular complexity index is 460. The number of ether oxygens (including phenoxy) is 1. The Kier molecular flexibility index (Phi) is 4.55. The van der Waals surface area contributed by atoms with Gasteiger partial charge in [-0.1, -0.05) is 12.1 Å². The number of esters is 1. The summed E-state index contributed by atoms with van der Waals surface area (Å²) in [7, 11) is 1.38. The molecule has 1 N–H and O–H groups in total. The zero-order valence-electron chi connectivity index (χ0n) is 11.1. The van der Waals surface area contributed by atoms with Crippen LogP contribution in [0.2, 0.25) is 0 Å². The van der Waals surface area contributed by atoms with Crippen molar-refractivity contribution in [1.29, 1.82) is 0 Å². The van der Waals surface area contributed by atoms with Crippen LogP contribution in [0.1, 0.15) is 36.0 Å². The molecule has 0 bridgehead atoms. The highest BCUT2D eigenvalue weighted by atomic mass is 16.5. The van der Waals surface area contributed by atoms with Gasteiger partial charge in [0, 0.05) is 25.1 Å². The van der Waals surface area contributed by atoms with E-state index in [1.165, 1.54) is 7.11 Å². The summed E-state index contributed by atoms with van der Waals surface area (Å²) >= 11 is 0. The maximum absolute atomic E-state index is 11.6. The molecule has 0 aromatic heterocycles. The molecule has 1 aromatic carbocycles. The summed E-state index contributed by atoms with van der Waals surface area (Å²) in [6.45, 7) is 0.793. The first-order valence-electron chi connectivity index (χ1n) is 6.63. The third-order valence-electron chi connectivity index (χ3n) is 3.58. The lowest BCUT2D eigenvalue weighted by Crippen LogP contribution is -2.21. The fourth-order valence-corrected chi connectivity index (χ4v) is 2.38. The number of hydrogen-bond acceptors (Lipinski definition) is 4. The van der Waals surface area contributed by atoms with Crippen molar-refractivity contribution in [2.24, 2.45) is 5.92 Å². The number of para-hydroxylation sites is 1. The molecule has 1 aromatic rings. The SMILES string of the molecule is COC(=O)c1ccccc1NCC1CCC(=O)CC1. The molecule has 0 spiro atoms. The third kappa shape index (κ3) is 3.56. The second-order valence-electron chi connectivity index (χ2n) is 4.90. The molecular weight excluding hydrogens is 242 g/mol. The van der Waals surface area contributed by atoms with Crippen LogP contribution in [0.5, 0.6) is 0 Å². The van der Waals surface area contributed by atoms with Crippen LogP contribution in [-0.4, -0.2) is 25.4 Å². The molecular formula is C15H19NO3. The van der Waals surface area contributed by atoms with E-state index in [4.69, 9.17) is 4.74 Å². The van der Waals surface area contributed by atoms with Gasteiger partial charge in [0.2, 0.25) is 0 Å². The number of hydrogen-bond donors (Lipinski definition) is 1. The molecule has 4 heteroatoms. The van der Waals surface area contributed by atoms with Crippen LogP contribution in [-0.2, 0) is 9.53 Å². The molecule has 102 valence electrons. The number of carbonyl (C=O) groups is 2. The van der Waals surface area contributed by atoms with Crippen molar-refractivity contribution >= 4 is 17.4 Å². The third-order valence-corrected chi connectivity index (χ3v) is 3.58. The van der Waals surface area contributed by atoms with Crippen molar-refractivity contribution in [1.82, 2.24) is 0 Å². The molecule has 0 atom stereocenters. The maximum Gasteiger partial charge on any atom is 0.339 e. The molecule has 1 saturated carbocycles. The van der Waals surface area contributed by atoms with Crippen LogP contribution in [0.4, 0.5) is 5.69 Å².